The predicted octanol–water partition coefficient (Wildman–Crippen LogP) is 3.45. The summed E-state index contributed by atoms with van der Waals surface area (Å²) in [5.41, 5.74) is 11.0. The highest BCUT2D eigenvalue weighted by Gasteiger charge is 2.20. The lowest BCUT2D eigenvalue weighted by molar-refractivity contribution is -0.116. The molecule has 1 amide bonds. The van der Waals surface area contributed by atoms with Crippen molar-refractivity contribution in [2.75, 3.05) is 30.7 Å². The fraction of sp³-hybridized carbons (Fsp3) is 0.409. The topological polar surface area (TPSA) is 76.4 Å². The van der Waals surface area contributed by atoms with E-state index < -0.39 is 0 Å². The SMILES string of the molecule is Cc1ccc(OCCNCCCCc2ccc(N)cc2)c2c1NC(=O)CC2. The Kier molecular flexibility index (Phi) is 6.71. The number of fused-ring (bicyclic) bond motifs is 1. The highest BCUT2D eigenvalue weighted by molar-refractivity contribution is 5.95. The fourth-order valence-corrected chi connectivity index (χ4v) is 3.37. The van der Waals surface area contributed by atoms with Gasteiger partial charge in [-0.1, -0.05) is 18.2 Å². The van der Waals surface area contributed by atoms with E-state index >= 15 is 0 Å². The quantitative estimate of drug-likeness (QED) is 0.469. The van der Waals surface area contributed by atoms with Gasteiger partial charge in [0.05, 0.1) is 5.69 Å². The van der Waals surface area contributed by atoms with Gasteiger partial charge in [-0.3, -0.25) is 4.79 Å². The largest absolute Gasteiger partial charge is 0.492 e. The Morgan fingerprint density at radius 3 is 2.70 bits per heavy atom. The molecule has 27 heavy (non-hydrogen) atoms. The number of nitrogens with one attached hydrogen (secondary N) is 2. The number of aryl methyl sites for hydroxylation is 2. The van der Waals surface area contributed by atoms with Crippen LogP contribution in [0.15, 0.2) is 36.4 Å². The third kappa shape index (κ3) is 5.47. The van der Waals surface area contributed by atoms with Gasteiger partial charge in [0.2, 0.25) is 5.91 Å². The predicted molar refractivity (Wildman–Crippen MR) is 110 cm³/mol. The van der Waals surface area contributed by atoms with Crippen molar-refractivity contribution < 1.29 is 9.53 Å². The first-order valence-corrected chi connectivity index (χ1v) is 9.74. The van der Waals surface area contributed by atoms with Crippen molar-refractivity contribution in [1.29, 1.82) is 0 Å². The zero-order valence-corrected chi connectivity index (χ0v) is 16.0. The molecule has 4 N–H and O–H groups in total. The van der Waals surface area contributed by atoms with Gasteiger partial charge in [0.1, 0.15) is 12.4 Å². The van der Waals surface area contributed by atoms with Crippen molar-refractivity contribution in [3.8, 4) is 5.75 Å². The van der Waals surface area contributed by atoms with Gasteiger partial charge in [-0.25, -0.2) is 0 Å². The second-order valence-electron chi connectivity index (χ2n) is 7.08. The van der Waals surface area contributed by atoms with Crippen LogP contribution in [0.5, 0.6) is 5.75 Å². The number of unbranched alkanes of at least 4 members (excludes halogenated alkanes) is 1. The van der Waals surface area contributed by atoms with E-state index in [4.69, 9.17) is 10.5 Å². The minimum atomic E-state index is 0.0865. The van der Waals surface area contributed by atoms with Crippen LogP contribution in [0, 0.1) is 6.92 Å². The Bertz CT molecular complexity index is 772. The first-order chi connectivity index (χ1) is 13.1. The van der Waals surface area contributed by atoms with Gasteiger partial charge in [0.25, 0.3) is 0 Å². The molecule has 0 atom stereocenters. The molecule has 144 valence electrons. The van der Waals surface area contributed by atoms with Gasteiger partial charge < -0.3 is 21.1 Å². The molecule has 0 radical (unpaired) electrons. The molecule has 3 rings (SSSR count). The van der Waals surface area contributed by atoms with Gasteiger partial charge in [0.15, 0.2) is 0 Å². The van der Waals surface area contributed by atoms with E-state index in [1.165, 1.54) is 5.56 Å². The molecule has 1 heterocycles. The van der Waals surface area contributed by atoms with Crippen LogP contribution < -0.4 is 21.1 Å². The van der Waals surface area contributed by atoms with E-state index in [2.05, 4.69) is 22.8 Å². The number of anilines is 2. The van der Waals surface area contributed by atoms with E-state index in [1.807, 2.05) is 31.2 Å². The van der Waals surface area contributed by atoms with Crippen LogP contribution in [0.1, 0.15) is 36.0 Å². The molecular formula is C22H29N3O2. The molecule has 5 heteroatoms. The third-order valence-corrected chi connectivity index (χ3v) is 4.93. The number of hydrogen-bond donors (Lipinski definition) is 3. The maximum absolute atomic E-state index is 11.6. The van der Waals surface area contributed by atoms with Crippen LogP contribution >= 0.6 is 0 Å². The number of ether oxygens (including phenoxy) is 1. The number of carbonyl (C=O) groups is 1. The van der Waals surface area contributed by atoms with Gasteiger partial charge in [-0.05, 0) is 68.5 Å². The summed E-state index contributed by atoms with van der Waals surface area (Å²) in [5, 5.41) is 6.40. The summed E-state index contributed by atoms with van der Waals surface area (Å²) in [5.74, 6) is 0.976. The summed E-state index contributed by atoms with van der Waals surface area (Å²) in [6, 6.07) is 12.1. The molecule has 0 unspecified atom stereocenters. The van der Waals surface area contributed by atoms with Crippen molar-refractivity contribution in [3.05, 3.63) is 53.1 Å². The summed E-state index contributed by atoms with van der Waals surface area (Å²) in [4.78, 5) is 11.6. The minimum Gasteiger partial charge on any atom is -0.492 e. The lowest BCUT2D eigenvalue weighted by atomic mass is 9.98. The summed E-state index contributed by atoms with van der Waals surface area (Å²) in [6.45, 7) is 4.44. The number of amides is 1. The number of hydrogen-bond acceptors (Lipinski definition) is 4. The summed E-state index contributed by atoms with van der Waals surface area (Å²) < 4.78 is 5.96. The van der Waals surface area contributed by atoms with Crippen molar-refractivity contribution in [2.45, 2.75) is 39.0 Å². The van der Waals surface area contributed by atoms with Crippen LogP contribution in [0.4, 0.5) is 11.4 Å². The van der Waals surface area contributed by atoms with Gasteiger partial charge in [-0.2, -0.15) is 0 Å². The molecular weight excluding hydrogens is 338 g/mol. The Hall–Kier alpha value is -2.53. The number of carbonyl (C=O) groups excluding carboxylic acids is 1. The Morgan fingerprint density at radius 1 is 1.07 bits per heavy atom. The highest BCUT2D eigenvalue weighted by Crippen LogP contribution is 2.33. The Labute approximate surface area is 161 Å². The molecule has 5 nitrogen and oxygen atoms in total. The second kappa shape index (κ2) is 9.42. The fourth-order valence-electron chi connectivity index (χ4n) is 3.37. The maximum Gasteiger partial charge on any atom is 0.224 e. The zero-order chi connectivity index (χ0) is 19.1. The van der Waals surface area contributed by atoms with Crippen LogP contribution in [-0.4, -0.2) is 25.6 Å². The van der Waals surface area contributed by atoms with Crippen LogP contribution in [0.3, 0.4) is 0 Å². The molecule has 0 aromatic heterocycles. The maximum atomic E-state index is 11.6. The van der Waals surface area contributed by atoms with E-state index in [1.54, 1.807) is 0 Å². The normalized spacial score (nSPS) is 13.1. The molecule has 2 aromatic carbocycles. The highest BCUT2D eigenvalue weighted by atomic mass is 16.5. The molecule has 0 aliphatic carbocycles. The first-order valence-electron chi connectivity index (χ1n) is 9.74. The molecule has 2 aromatic rings. The number of rotatable bonds is 9. The van der Waals surface area contributed by atoms with Crippen LogP contribution in [0.25, 0.3) is 0 Å². The van der Waals surface area contributed by atoms with Gasteiger partial charge >= 0.3 is 0 Å². The van der Waals surface area contributed by atoms with Gasteiger partial charge in [-0.15, -0.1) is 0 Å². The minimum absolute atomic E-state index is 0.0865. The Balaban J connectivity index is 1.33. The van der Waals surface area contributed by atoms with E-state index in [0.717, 1.165) is 67.0 Å². The molecule has 0 spiro atoms. The van der Waals surface area contributed by atoms with Gasteiger partial charge in [0, 0.05) is 24.2 Å². The lowest BCUT2D eigenvalue weighted by Crippen LogP contribution is -2.24. The monoisotopic (exact) mass is 367 g/mol. The smallest absolute Gasteiger partial charge is 0.224 e. The van der Waals surface area contributed by atoms with Crippen molar-refractivity contribution in [1.82, 2.24) is 5.32 Å². The average Bonchev–Trinajstić information content (AvgIpc) is 2.67. The number of benzene rings is 2. The molecule has 0 saturated carbocycles. The van der Waals surface area contributed by atoms with Crippen molar-refractivity contribution in [3.63, 3.8) is 0 Å². The molecule has 0 saturated heterocycles. The lowest BCUT2D eigenvalue weighted by Gasteiger charge is -2.22. The summed E-state index contributed by atoms with van der Waals surface area (Å²) in [6.07, 6.45) is 4.65. The molecule has 1 aliphatic rings. The van der Waals surface area contributed by atoms with E-state index in [9.17, 15) is 4.79 Å². The van der Waals surface area contributed by atoms with Crippen LogP contribution in [-0.2, 0) is 17.6 Å². The first kappa shape index (κ1) is 19.2. The van der Waals surface area contributed by atoms with Crippen molar-refractivity contribution >= 4 is 17.3 Å². The molecule has 0 fully saturated rings. The third-order valence-electron chi connectivity index (χ3n) is 4.93. The van der Waals surface area contributed by atoms with E-state index in [-0.39, 0.29) is 5.91 Å². The Morgan fingerprint density at radius 2 is 1.89 bits per heavy atom. The second-order valence-corrected chi connectivity index (χ2v) is 7.08. The van der Waals surface area contributed by atoms with Crippen LogP contribution in [0.2, 0.25) is 0 Å². The zero-order valence-electron chi connectivity index (χ0n) is 16.0. The number of nitrogens with two attached hydrogens (primary N) is 1. The molecule has 0 bridgehead atoms. The van der Waals surface area contributed by atoms with Crippen molar-refractivity contribution in [2.24, 2.45) is 0 Å². The summed E-state index contributed by atoms with van der Waals surface area (Å²) >= 11 is 0. The summed E-state index contributed by atoms with van der Waals surface area (Å²) in [7, 11) is 0. The molecule has 1 aliphatic heterocycles. The average molecular weight is 367 g/mol. The standard InChI is InChI=1S/C22H29N3O2/c1-16-5-11-20(19-10-12-21(26)25-22(16)19)27-15-14-24-13-3-2-4-17-6-8-18(23)9-7-17/h5-9,11,24H,2-4,10,12-15,23H2,1H3,(H,25,26). The number of nitrogen functional groups attached to an aromatic ring is 1. The van der Waals surface area contributed by atoms with E-state index in [0.29, 0.717) is 13.0 Å².